The Labute approximate surface area is 408 Å². The first-order valence-electron chi connectivity index (χ1n) is 29.2. The van der Waals surface area contributed by atoms with Crippen LogP contribution in [0.4, 0.5) is 0 Å². The Morgan fingerprint density at radius 1 is 0.455 bits per heavy atom. The number of aliphatic hydroxyl groups excluding tert-OH is 5. The van der Waals surface area contributed by atoms with Gasteiger partial charge in [-0.2, -0.15) is 0 Å². The molecular formula is C57H113NO8. The molecule has 0 aromatic heterocycles. The minimum atomic E-state index is -1.55. The average Bonchev–Trinajstić information content (AvgIpc) is 3.32. The van der Waals surface area contributed by atoms with Gasteiger partial charge in [0, 0.05) is 6.42 Å². The van der Waals surface area contributed by atoms with Crippen molar-refractivity contribution in [2.24, 2.45) is 0 Å². The van der Waals surface area contributed by atoms with Crippen molar-refractivity contribution in [2.75, 3.05) is 13.2 Å². The lowest BCUT2D eigenvalue weighted by Gasteiger charge is -2.40. The van der Waals surface area contributed by atoms with Gasteiger partial charge in [0.1, 0.15) is 24.4 Å². The average molecular weight is 941 g/mol. The summed E-state index contributed by atoms with van der Waals surface area (Å²) < 4.78 is 11.3. The van der Waals surface area contributed by atoms with E-state index in [1.807, 2.05) is 0 Å². The normalized spacial score (nSPS) is 19.7. The molecular weight excluding hydrogens is 827 g/mol. The van der Waals surface area contributed by atoms with Crippen LogP contribution in [0.2, 0.25) is 0 Å². The number of carbonyl (C=O) groups is 1. The van der Waals surface area contributed by atoms with Gasteiger partial charge in [-0.25, -0.2) is 0 Å². The van der Waals surface area contributed by atoms with Gasteiger partial charge >= 0.3 is 0 Å². The van der Waals surface area contributed by atoms with Crippen molar-refractivity contribution in [2.45, 2.75) is 346 Å². The number of unbranched alkanes of at least 4 members (excludes halogenated alkanes) is 41. The van der Waals surface area contributed by atoms with Gasteiger partial charge < -0.3 is 40.3 Å². The molecule has 1 saturated heterocycles. The summed E-state index contributed by atoms with van der Waals surface area (Å²) >= 11 is 0. The van der Waals surface area contributed by atoms with Gasteiger partial charge in [-0.05, 0) is 12.8 Å². The van der Waals surface area contributed by atoms with Gasteiger partial charge in [-0.3, -0.25) is 4.79 Å². The summed E-state index contributed by atoms with van der Waals surface area (Å²) in [6.45, 7) is 3.89. The summed E-state index contributed by atoms with van der Waals surface area (Å²) in [5, 5.41) is 54.7. The molecule has 9 nitrogen and oxygen atoms in total. The van der Waals surface area contributed by atoms with Gasteiger partial charge in [0.25, 0.3) is 0 Å². The van der Waals surface area contributed by atoms with E-state index in [-0.39, 0.29) is 12.5 Å². The predicted octanol–water partition coefficient (Wildman–Crippen LogP) is 14.2. The quantitative estimate of drug-likeness (QED) is 0.0330. The van der Waals surface area contributed by atoms with Crippen LogP contribution < -0.4 is 5.32 Å². The lowest BCUT2D eigenvalue weighted by molar-refractivity contribution is -0.302. The van der Waals surface area contributed by atoms with Gasteiger partial charge in [0.2, 0.25) is 5.91 Å². The van der Waals surface area contributed by atoms with Gasteiger partial charge in [-0.15, -0.1) is 0 Å². The third-order valence-electron chi connectivity index (χ3n) is 14.5. The van der Waals surface area contributed by atoms with E-state index < -0.39 is 49.5 Å². The molecule has 9 heteroatoms. The molecule has 6 N–H and O–H groups in total. The Morgan fingerprint density at radius 3 is 1.08 bits per heavy atom. The van der Waals surface area contributed by atoms with E-state index in [4.69, 9.17) is 9.47 Å². The summed E-state index contributed by atoms with van der Waals surface area (Å²) in [6, 6.07) is -0.713. The Morgan fingerprint density at radius 2 is 0.758 bits per heavy atom. The van der Waals surface area contributed by atoms with Crippen LogP contribution in [0.1, 0.15) is 303 Å². The predicted molar refractivity (Wildman–Crippen MR) is 277 cm³/mol. The van der Waals surface area contributed by atoms with Crippen LogP contribution in [0.25, 0.3) is 0 Å². The van der Waals surface area contributed by atoms with Crippen molar-refractivity contribution in [1.82, 2.24) is 5.32 Å². The summed E-state index contributed by atoms with van der Waals surface area (Å²) in [7, 11) is 0. The third kappa shape index (κ3) is 37.1. The molecule has 0 aliphatic carbocycles. The third-order valence-corrected chi connectivity index (χ3v) is 14.5. The summed E-state index contributed by atoms with van der Waals surface area (Å²) in [5.41, 5.74) is 0. The Balaban J connectivity index is 2.18. The zero-order valence-corrected chi connectivity index (χ0v) is 43.7. The first-order chi connectivity index (χ1) is 32.3. The maximum Gasteiger partial charge on any atom is 0.220 e. The van der Waals surface area contributed by atoms with E-state index in [1.165, 1.54) is 238 Å². The maximum atomic E-state index is 13.1. The number of amides is 1. The van der Waals surface area contributed by atoms with Crippen LogP contribution in [-0.2, 0) is 14.3 Å². The second-order valence-corrected chi connectivity index (χ2v) is 20.8. The van der Waals surface area contributed by atoms with Crippen molar-refractivity contribution in [1.29, 1.82) is 0 Å². The Hall–Kier alpha value is -0.810. The van der Waals surface area contributed by atoms with E-state index in [0.717, 1.165) is 38.5 Å². The van der Waals surface area contributed by atoms with E-state index >= 15 is 0 Å². The van der Waals surface area contributed by atoms with Gasteiger partial charge in [0.15, 0.2) is 6.29 Å². The van der Waals surface area contributed by atoms with Crippen LogP contribution in [0, 0.1) is 0 Å². The minimum absolute atomic E-state index is 0.131. The molecule has 7 unspecified atom stereocenters. The van der Waals surface area contributed by atoms with Gasteiger partial charge in [0.05, 0.1) is 25.4 Å². The minimum Gasteiger partial charge on any atom is -0.394 e. The Kier molecular flexibility index (Phi) is 45.8. The molecule has 1 amide bonds. The van der Waals surface area contributed by atoms with Crippen LogP contribution in [-0.4, -0.2) is 87.5 Å². The molecule has 0 spiro atoms. The monoisotopic (exact) mass is 940 g/mol. The summed E-state index contributed by atoms with van der Waals surface area (Å²) in [6.07, 6.45) is 49.9. The molecule has 1 heterocycles. The first-order valence-corrected chi connectivity index (χ1v) is 29.2. The van der Waals surface area contributed by atoms with Crippen LogP contribution >= 0.6 is 0 Å². The zero-order chi connectivity index (χ0) is 48.0. The highest BCUT2D eigenvalue weighted by molar-refractivity contribution is 5.76. The molecule has 0 bridgehead atoms. The molecule has 1 rings (SSSR count). The van der Waals surface area contributed by atoms with Crippen molar-refractivity contribution in [3.05, 3.63) is 0 Å². The van der Waals surface area contributed by atoms with Crippen LogP contribution in [0.5, 0.6) is 0 Å². The second kappa shape index (κ2) is 47.8. The summed E-state index contributed by atoms with van der Waals surface area (Å²) in [4.78, 5) is 13.1. The molecule has 1 aliphatic rings. The van der Waals surface area contributed by atoms with E-state index in [0.29, 0.717) is 12.8 Å². The van der Waals surface area contributed by atoms with Crippen molar-refractivity contribution in [3.63, 3.8) is 0 Å². The fourth-order valence-electron chi connectivity index (χ4n) is 9.81. The highest BCUT2D eigenvalue weighted by Gasteiger charge is 2.44. The molecule has 1 fully saturated rings. The fraction of sp³-hybridized carbons (Fsp3) is 0.982. The number of nitrogens with one attached hydrogen (secondary N) is 1. The first kappa shape index (κ1) is 63.2. The zero-order valence-electron chi connectivity index (χ0n) is 43.7. The molecule has 7 atom stereocenters. The molecule has 1 aliphatic heterocycles. The van der Waals surface area contributed by atoms with Crippen LogP contribution in [0.3, 0.4) is 0 Å². The number of ether oxygens (including phenoxy) is 2. The van der Waals surface area contributed by atoms with Crippen molar-refractivity contribution in [3.8, 4) is 0 Å². The molecule has 394 valence electrons. The SMILES string of the molecule is CCCCCCCCCCCCCCCCCCCCCCCCCCC(O)C(COC1OC(CO)C(O)C(O)C1O)NC(=O)CCCCCCCCCCCCCCCCCCCCC. The maximum absolute atomic E-state index is 13.1. The number of hydrogen-bond donors (Lipinski definition) is 6. The summed E-state index contributed by atoms with van der Waals surface area (Å²) in [5.74, 6) is -0.136. The second-order valence-electron chi connectivity index (χ2n) is 20.8. The van der Waals surface area contributed by atoms with E-state index in [2.05, 4.69) is 19.2 Å². The smallest absolute Gasteiger partial charge is 0.220 e. The topological polar surface area (TPSA) is 149 Å². The van der Waals surface area contributed by atoms with Crippen LogP contribution in [0.15, 0.2) is 0 Å². The molecule has 0 aromatic rings. The number of aliphatic hydroxyl groups is 5. The molecule has 66 heavy (non-hydrogen) atoms. The molecule has 0 aromatic carbocycles. The molecule has 0 radical (unpaired) electrons. The highest BCUT2D eigenvalue weighted by Crippen LogP contribution is 2.23. The fourth-order valence-corrected chi connectivity index (χ4v) is 9.81. The number of rotatable bonds is 51. The lowest BCUT2D eigenvalue weighted by Crippen LogP contribution is -2.60. The largest absolute Gasteiger partial charge is 0.394 e. The number of hydrogen-bond acceptors (Lipinski definition) is 8. The lowest BCUT2D eigenvalue weighted by atomic mass is 9.99. The van der Waals surface area contributed by atoms with E-state index in [9.17, 15) is 30.3 Å². The standard InChI is InChI=1S/C57H113NO8/c1-3-5-7-9-11-13-15-17-19-21-23-24-25-26-27-29-30-32-34-36-38-40-42-44-46-51(60)50(49-65-57-56(64)55(63)54(62)52(48-59)66-57)58-53(61)47-45-43-41-39-37-35-33-31-28-22-20-18-16-14-12-10-8-6-4-2/h50-52,54-57,59-60,62-64H,3-49H2,1-2H3,(H,58,61). The number of carbonyl (C=O) groups excluding carboxylic acids is 1. The van der Waals surface area contributed by atoms with Crippen molar-refractivity contribution >= 4 is 5.91 Å². The molecule has 0 saturated carbocycles. The van der Waals surface area contributed by atoms with E-state index in [1.54, 1.807) is 0 Å². The highest BCUT2D eigenvalue weighted by atomic mass is 16.7. The Bertz CT molecular complexity index is 1000. The van der Waals surface area contributed by atoms with Crippen molar-refractivity contribution < 1.29 is 39.8 Å². The van der Waals surface area contributed by atoms with Gasteiger partial charge in [-0.1, -0.05) is 284 Å².